The topological polar surface area (TPSA) is 63.7 Å². The van der Waals surface area contributed by atoms with Gasteiger partial charge in [0.1, 0.15) is 0 Å². The Kier molecular flexibility index (Phi) is 4.37. The van der Waals surface area contributed by atoms with Crippen molar-refractivity contribution < 1.29 is 17.9 Å². The van der Waals surface area contributed by atoms with E-state index in [4.69, 9.17) is 16.3 Å². The molecule has 0 spiro atoms. The maximum atomic E-state index is 13.3. The second-order valence-electron chi connectivity index (χ2n) is 6.53. The van der Waals surface area contributed by atoms with E-state index >= 15 is 0 Å². The number of halogens is 1. The van der Waals surface area contributed by atoms with Crippen molar-refractivity contribution in [2.75, 3.05) is 13.2 Å². The SMILES string of the molecule is CCOC(=O)C1=CCC2(c3ccc(Cl)cc3)c3ccccc3S(=O)(=O)N2C1. The van der Waals surface area contributed by atoms with Crippen molar-refractivity contribution in [1.82, 2.24) is 4.31 Å². The first kappa shape index (κ1) is 18.2. The lowest BCUT2D eigenvalue weighted by molar-refractivity contribution is -0.138. The normalized spacial score (nSPS) is 23.3. The van der Waals surface area contributed by atoms with Crippen molar-refractivity contribution in [3.8, 4) is 0 Å². The van der Waals surface area contributed by atoms with Crippen LogP contribution in [-0.4, -0.2) is 31.8 Å². The van der Waals surface area contributed by atoms with Gasteiger partial charge in [0.2, 0.25) is 10.0 Å². The van der Waals surface area contributed by atoms with Crippen molar-refractivity contribution in [3.63, 3.8) is 0 Å². The van der Waals surface area contributed by atoms with E-state index in [1.54, 1.807) is 37.3 Å². The summed E-state index contributed by atoms with van der Waals surface area (Å²) in [7, 11) is -3.75. The highest BCUT2D eigenvalue weighted by atomic mass is 35.5. The van der Waals surface area contributed by atoms with Crippen LogP contribution in [0.5, 0.6) is 0 Å². The van der Waals surface area contributed by atoms with Crippen molar-refractivity contribution in [3.05, 3.63) is 76.3 Å². The second-order valence-corrected chi connectivity index (χ2v) is 8.80. The fraction of sp³-hybridized carbons (Fsp3) is 0.250. The Morgan fingerprint density at radius 2 is 1.89 bits per heavy atom. The van der Waals surface area contributed by atoms with Crippen LogP contribution in [0.3, 0.4) is 0 Å². The Morgan fingerprint density at radius 1 is 1.19 bits per heavy atom. The third-order valence-electron chi connectivity index (χ3n) is 5.14. The molecular weight excluding hydrogens is 386 g/mol. The number of ether oxygens (including phenoxy) is 1. The van der Waals surface area contributed by atoms with Gasteiger partial charge in [0.25, 0.3) is 0 Å². The van der Waals surface area contributed by atoms with Crippen LogP contribution in [0.2, 0.25) is 5.02 Å². The predicted molar refractivity (Wildman–Crippen MR) is 102 cm³/mol. The number of sulfonamides is 1. The zero-order valence-electron chi connectivity index (χ0n) is 14.7. The van der Waals surface area contributed by atoms with Gasteiger partial charge >= 0.3 is 5.97 Å². The predicted octanol–water partition coefficient (Wildman–Crippen LogP) is 3.48. The molecule has 0 saturated carbocycles. The van der Waals surface area contributed by atoms with Crippen molar-refractivity contribution in [2.45, 2.75) is 23.8 Å². The standard InChI is InChI=1S/C20H18ClNO4S/c1-2-26-19(23)14-11-12-20(15-7-9-16(21)10-8-15)17-5-3-4-6-18(17)27(24,25)22(20)13-14/h3-11H,2,12-13H2,1H3. The zero-order chi connectivity index (χ0) is 19.2. The molecule has 2 aromatic rings. The average Bonchev–Trinajstić information content (AvgIpc) is 2.88. The van der Waals surface area contributed by atoms with E-state index in [9.17, 15) is 13.2 Å². The summed E-state index contributed by atoms with van der Waals surface area (Å²) in [6.45, 7) is 1.94. The molecule has 5 nitrogen and oxygen atoms in total. The van der Waals surface area contributed by atoms with E-state index in [0.717, 1.165) is 5.56 Å². The van der Waals surface area contributed by atoms with Crippen LogP contribution < -0.4 is 0 Å². The summed E-state index contributed by atoms with van der Waals surface area (Å²) in [6.07, 6.45) is 2.14. The summed E-state index contributed by atoms with van der Waals surface area (Å²) >= 11 is 6.04. The van der Waals surface area contributed by atoms with Gasteiger partial charge in [-0.05, 0) is 42.7 Å². The lowest BCUT2D eigenvalue weighted by atomic mass is 9.77. The lowest BCUT2D eigenvalue weighted by Gasteiger charge is -2.40. The molecule has 0 aliphatic carbocycles. The number of rotatable bonds is 3. The van der Waals surface area contributed by atoms with Crippen LogP contribution >= 0.6 is 11.6 Å². The van der Waals surface area contributed by atoms with Gasteiger partial charge in [-0.3, -0.25) is 0 Å². The lowest BCUT2D eigenvalue weighted by Crippen LogP contribution is -2.48. The Bertz CT molecular complexity index is 1050. The summed E-state index contributed by atoms with van der Waals surface area (Å²) in [5, 5.41) is 0.578. The number of carbonyl (C=O) groups excluding carboxylic acids is 1. The molecule has 2 aliphatic rings. The number of fused-ring (bicyclic) bond motifs is 3. The first-order valence-corrected chi connectivity index (χ1v) is 10.5. The first-order chi connectivity index (χ1) is 12.9. The molecule has 0 fully saturated rings. The molecule has 0 bridgehead atoms. The van der Waals surface area contributed by atoms with Crippen molar-refractivity contribution in [2.24, 2.45) is 0 Å². The largest absolute Gasteiger partial charge is 0.463 e. The highest BCUT2D eigenvalue weighted by Crippen LogP contribution is 2.52. The van der Waals surface area contributed by atoms with Crippen molar-refractivity contribution >= 4 is 27.6 Å². The van der Waals surface area contributed by atoms with Crippen LogP contribution in [0.15, 0.2) is 65.1 Å². The van der Waals surface area contributed by atoms with Gasteiger partial charge in [-0.2, -0.15) is 4.31 Å². The maximum absolute atomic E-state index is 13.3. The van der Waals surface area contributed by atoms with Crippen LogP contribution in [-0.2, 0) is 25.1 Å². The number of benzene rings is 2. The van der Waals surface area contributed by atoms with Gasteiger partial charge in [-0.1, -0.05) is 48.0 Å². The summed E-state index contributed by atoms with van der Waals surface area (Å²) < 4.78 is 33.1. The third-order valence-corrected chi connectivity index (χ3v) is 7.33. The number of hydrogen-bond donors (Lipinski definition) is 0. The Balaban J connectivity index is 1.94. The molecule has 0 saturated heterocycles. The van der Waals surface area contributed by atoms with Gasteiger partial charge < -0.3 is 4.74 Å². The summed E-state index contributed by atoms with van der Waals surface area (Å²) in [4.78, 5) is 12.5. The maximum Gasteiger partial charge on any atom is 0.335 e. The highest BCUT2D eigenvalue weighted by Gasteiger charge is 2.56. The van der Waals surface area contributed by atoms with E-state index < -0.39 is 21.5 Å². The van der Waals surface area contributed by atoms with Crippen molar-refractivity contribution in [1.29, 1.82) is 0 Å². The Labute approximate surface area is 163 Å². The van der Waals surface area contributed by atoms with Gasteiger partial charge in [-0.25, -0.2) is 13.2 Å². The average molecular weight is 404 g/mol. The van der Waals surface area contributed by atoms with Crippen LogP contribution in [0.25, 0.3) is 0 Å². The number of esters is 1. The van der Waals surface area contributed by atoms with Crippen LogP contribution in [0, 0.1) is 0 Å². The highest BCUT2D eigenvalue weighted by molar-refractivity contribution is 7.89. The van der Waals surface area contributed by atoms with E-state index in [0.29, 0.717) is 22.6 Å². The molecule has 1 unspecified atom stereocenters. The molecule has 140 valence electrons. The minimum absolute atomic E-state index is 0.0293. The quantitative estimate of drug-likeness (QED) is 0.736. The second kappa shape index (κ2) is 6.48. The molecule has 27 heavy (non-hydrogen) atoms. The van der Waals surface area contributed by atoms with E-state index in [1.807, 2.05) is 24.3 Å². The minimum Gasteiger partial charge on any atom is -0.463 e. The number of hydrogen-bond acceptors (Lipinski definition) is 4. The van der Waals surface area contributed by atoms with Crippen LogP contribution in [0.4, 0.5) is 0 Å². The minimum atomic E-state index is -3.75. The Morgan fingerprint density at radius 3 is 2.59 bits per heavy atom. The molecule has 0 amide bonds. The number of nitrogens with zero attached hydrogens (tertiary/aromatic N) is 1. The summed E-state index contributed by atoms with van der Waals surface area (Å²) in [5.74, 6) is -0.478. The molecule has 4 rings (SSSR count). The smallest absolute Gasteiger partial charge is 0.335 e. The molecule has 2 aromatic carbocycles. The molecule has 0 radical (unpaired) electrons. The molecule has 7 heteroatoms. The Hall–Kier alpha value is -2.15. The van der Waals surface area contributed by atoms with Gasteiger partial charge in [0.15, 0.2) is 0 Å². The van der Waals surface area contributed by atoms with Crippen LogP contribution in [0.1, 0.15) is 24.5 Å². The number of carbonyl (C=O) groups is 1. The molecular formula is C20H18ClNO4S. The van der Waals surface area contributed by atoms with E-state index in [2.05, 4.69) is 0 Å². The fourth-order valence-corrected chi connectivity index (χ4v) is 6.05. The summed E-state index contributed by atoms with van der Waals surface area (Å²) in [6, 6.07) is 14.2. The molecule has 1 atom stereocenters. The summed E-state index contributed by atoms with van der Waals surface area (Å²) in [5.41, 5.74) is 1.000. The van der Waals surface area contributed by atoms with Gasteiger partial charge in [0, 0.05) is 17.1 Å². The zero-order valence-corrected chi connectivity index (χ0v) is 16.3. The van der Waals surface area contributed by atoms with Gasteiger partial charge in [0.05, 0.1) is 17.0 Å². The fourth-order valence-electron chi connectivity index (χ4n) is 3.93. The third kappa shape index (κ3) is 2.63. The molecule has 2 heterocycles. The molecule has 0 N–H and O–H groups in total. The van der Waals surface area contributed by atoms with E-state index in [1.165, 1.54) is 4.31 Å². The molecule has 0 aromatic heterocycles. The monoisotopic (exact) mass is 403 g/mol. The molecule has 2 aliphatic heterocycles. The first-order valence-electron chi connectivity index (χ1n) is 8.66. The van der Waals surface area contributed by atoms with Gasteiger partial charge in [-0.15, -0.1) is 0 Å². The van der Waals surface area contributed by atoms with E-state index in [-0.39, 0.29) is 18.0 Å².